The van der Waals surface area contributed by atoms with Gasteiger partial charge in [0, 0.05) is 24.9 Å². The summed E-state index contributed by atoms with van der Waals surface area (Å²) in [6, 6.07) is 12.2. The number of methoxy groups -OCH3 is 1. The predicted molar refractivity (Wildman–Crippen MR) is 99.2 cm³/mol. The highest BCUT2D eigenvalue weighted by atomic mass is 16.6. The molecule has 27 heavy (non-hydrogen) atoms. The Morgan fingerprint density at radius 3 is 2.26 bits per heavy atom. The molecule has 0 aliphatic heterocycles. The summed E-state index contributed by atoms with van der Waals surface area (Å²) in [5.74, 6) is 0.102. The zero-order chi connectivity index (χ0) is 20.2. The van der Waals surface area contributed by atoms with Crippen LogP contribution in [0.15, 0.2) is 48.5 Å². The number of nitrogens with zero attached hydrogens (tertiary/aromatic N) is 1. The van der Waals surface area contributed by atoms with Crippen LogP contribution in [0.25, 0.3) is 0 Å². The smallest absolute Gasteiger partial charge is 0.298 e. The van der Waals surface area contributed by atoms with Gasteiger partial charge in [0.1, 0.15) is 5.75 Å². The summed E-state index contributed by atoms with van der Waals surface area (Å²) in [6.45, 7) is 2.48. The summed E-state index contributed by atoms with van der Waals surface area (Å²) in [4.78, 5) is 30.7. The Balaban J connectivity index is 0.000000277. The summed E-state index contributed by atoms with van der Waals surface area (Å²) in [6.07, 6.45) is 0. The molecule has 2 aromatic rings. The normalized spacial score (nSPS) is 10.8. The molecule has 9 nitrogen and oxygen atoms in total. The highest BCUT2D eigenvalue weighted by Crippen LogP contribution is 2.16. The van der Waals surface area contributed by atoms with Gasteiger partial charge in [-0.3, -0.25) is 19.7 Å². The van der Waals surface area contributed by atoms with Crippen molar-refractivity contribution in [3.8, 4) is 5.75 Å². The third kappa shape index (κ3) is 8.08. The van der Waals surface area contributed by atoms with Gasteiger partial charge in [-0.05, 0) is 36.8 Å². The first-order valence-electron chi connectivity index (χ1n) is 7.86. The lowest BCUT2D eigenvalue weighted by Crippen LogP contribution is -2.32. The Morgan fingerprint density at radius 1 is 1.22 bits per heavy atom. The molecule has 0 fully saturated rings. The number of carbonyl (C=O) groups excluding carboxylic acids is 2. The Kier molecular flexibility index (Phi) is 9.13. The van der Waals surface area contributed by atoms with Gasteiger partial charge in [0.2, 0.25) is 5.91 Å². The van der Waals surface area contributed by atoms with Gasteiger partial charge in [-0.25, -0.2) is 0 Å². The quantitative estimate of drug-likeness (QED) is 0.430. The number of amides is 1. The van der Waals surface area contributed by atoms with E-state index in [1.807, 2.05) is 24.3 Å². The summed E-state index contributed by atoms with van der Waals surface area (Å²) in [7, 11) is 1.64. The maximum atomic E-state index is 11.3. The topological polar surface area (TPSA) is 134 Å². The van der Waals surface area contributed by atoms with Crippen LogP contribution in [-0.4, -0.2) is 30.5 Å². The number of nitrogens with two attached hydrogens (primary N) is 1. The molecule has 0 aromatic heterocycles. The van der Waals surface area contributed by atoms with Crippen LogP contribution in [0, 0.1) is 10.1 Å². The predicted octanol–water partition coefficient (Wildman–Crippen LogP) is 2.25. The largest absolute Gasteiger partial charge is 0.429 e. The molecule has 0 radical (unpaired) electrons. The summed E-state index contributed by atoms with van der Waals surface area (Å²) in [5, 5.41) is 12.9. The summed E-state index contributed by atoms with van der Waals surface area (Å²) >= 11 is 0. The first kappa shape index (κ1) is 21.7. The van der Waals surface area contributed by atoms with E-state index >= 15 is 0 Å². The van der Waals surface area contributed by atoms with E-state index in [0.717, 1.165) is 11.3 Å². The van der Waals surface area contributed by atoms with Crippen LogP contribution >= 0.6 is 0 Å². The highest BCUT2D eigenvalue weighted by molar-refractivity contribution is 5.94. The van der Waals surface area contributed by atoms with Crippen molar-refractivity contribution < 1.29 is 24.0 Å². The van der Waals surface area contributed by atoms with Crippen molar-refractivity contribution in [3.05, 3.63) is 64.2 Å². The van der Waals surface area contributed by atoms with Gasteiger partial charge in [0.25, 0.3) is 12.2 Å². The second kappa shape index (κ2) is 11.3. The number of nitrogens with one attached hydrogen (secondary N) is 1. The average Bonchev–Trinajstić information content (AvgIpc) is 2.65. The van der Waals surface area contributed by atoms with E-state index in [-0.39, 0.29) is 23.8 Å². The van der Waals surface area contributed by atoms with Gasteiger partial charge in [-0.15, -0.1) is 0 Å². The molecular formula is C18H21N3O6. The molecule has 0 saturated carbocycles. The van der Waals surface area contributed by atoms with Crippen molar-refractivity contribution in [1.29, 1.82) is 0 Å². The number of rotatable bonds is 7. The molecule has 0 bridgehead atoms. The van der Waals surface area contributed by atoms with Gasteiger partial charge in [-0.1, -0.05) is 12.1 Å². The lowest BCUT2D eigenvalue weighted by atomic mass is 10.2. The molecule has 3 N–H and O–H groups in total. The molecule has 2 aromatic carbocycles. The fraction of sp³-hybridized carbons (Fsp3) is 0.222. The van der Waals surface area contributed by atoms with Crippen molar-refractivity contribution in [2.75, 3.05) is 12.4 Å². The number of nitro benzene ring substituents is 1. The Bertz CT molecular complexity index is 745. The van der Waals surface area contributed by atoms with E-state index < -0.39 is 11.0 Å². The molecule has 2 rings (SSSR count). The van der Waals surface area contributed by atoms with E-state index in [1.165, 1.54) is 24.3 Å². The molecule has 9 heteroatoms. The van der Waals surface area contributed by atoms with Crippen LogP contribution in [0.5, 0.6) is 5.75 Å². The number of hydrogen-bond acceptors (Lipinski definition) is 7. The van der Waals surface area contributed by atoms with Crippen molar-refractivity contribution in [2.45, 2.75) is 19.6 Å². The van der Waals surface area contributed by atoms with Crippen LogP contribution in [0.1, 0.15) is 12.5 Å². The minimum atomic E-state index is -0.523. The molecule has 1 amide bonds. The first-order valence-corrected chi connectivity index (χ1v) is 7.86. The number of carbonyl (C=O) groups is 2. The van der Waals surface area contributed by atoms with E-state index in [9.17, 15) is 19.7 Å². The van der Waals surface area contributed by atoms with Gasteiger partial charge >= 0.3 is 0 Å². The standard InChI is InChI=1S/C11H16N2O2.C7H5NO4/c1-8(12)11(14)13-10-5-3-9(4-6-10)7-15-2;9-5-12-7-3-1-6(2-4-7)8(10)11/h3-6,8H,7,12H2,1-2H3,(H,13,14);1-5H. The van der Waals surface area contributed by atoms with Gasteiger partial charge in [0.15, 0.2) is 0 Å². The first-order chi connectivity index (χ1) is 12.9. The second-order valence-corrected chi connectivity index (χ2v) is 5.37. The maximum absolute atomic E-state index is 11.3. The number of non-ortho nitro benzene ring substituents is 1. The number of anilines is 1. The number of ether oxygens (including phenoxy) is 2. The zero-order valence-corrected chi connectivity index (χ0v) is 15.0. The van der Waals surface area contributed by atoms with Crippen LogP contribution in [0.2, 0.25) is 0 Å². The average molecular weight is 375 g/mol. The highest BCUT2D eigenvalue weighted by Gasteiger charge is 2.06. The minimum absolute atomic E-state index is 0.0340. The van der Waals surface area contributed by atoms with Crippen LogP contribution in [0.4, 0.5) is 11.4 Å². The summed E-state index contributed by atoms with van der Waals surface area (Å²) in [5.41, 5.74) is 7.21. The second-order valence-electron chi connectivity index (χ2n) is 5.37. The fourth-order valence-corrected chi connectivity index (χ4v) is 1.81. The van der Waals surface area contributed by atoms with Crippen LogP contribution < -0.4 is 15.8 Å². The van der Waals surface area contributed by atoms with E-state index in [2.05, 4.69) is 10.1 Å². The Morgan fingerprint density at radius 2 is 1.81 bits per heavy atom. The molecule has 0 saturated heterocycles. The zero-order valence-electron chi connectivity index (χ0n) is 15.0. The monoisotopic (exact) mass is 375 g/mol. The SMILES string of the molecule is COCc1ccc(NC(=O)C(C)N)cc1.O=COc1ccc([N+](=O)[O-])cc1. The molecule has 0 heterocycles. The fourth-order valence-electron chi connectivity index (χ4n) is 1.81. The van der Waals surface area contributed by atoms with Gasteiger partial charge in [0.05, 0.1) is 17.6 Å². The van der Waals surface area contributed by atoms with Crippen molar-refractivity contribution in [3.63, 3.8) is 0 Å². The molecule has 1 unspecified atom stereocenters. The van der Waals surface area contributed by atoms with E-state index in [1.54, 1.807) is 14.0 Å². The summed E-state index contributed by atoms with van der Waals surface area (Å²) < 4.78 is 9.42. The maximum Gasteiger partial charge on any atom is 0.298 e. The molecule has 0 aliphatic carbocycles. The lowest BCUT2D eigenvalue weighted by molar-refractivity contribution is -0.384. The van der Waals surface area contributed by atoms with Gasteiger partial charge < -0.3 is 20.5 Å². The third-order valence-electron chi connectivity index (χ3n) is 3.18. The van der Waals surface area contributed by atoms with Crippen LogP contribution in [0.3, 0.4) is 0 Å². The Labute approximate surface area is 156 Å². The molecule has 1 atom stereocenters. The minimum Gasteiger partial charge on any atom is -0.429 e. The molecule has 0 aliphatic rings. The molecule has 0 spiro atoms. The third-order valence-corrected chi connectivity index (χ3v) is 3.18. The molecule has 144 valence electrons. The van der Waals surface area contributed by atoms with Crippen LogP contribution in [-0.2, 0) is 20.9 Å². The van der Waals surface area contributed by atoms with E-state index in [0.29, 0.717) is 6.61 Å². The molecular weight excluding hydrogens is 354 g/mol. The van der Waals surface area contributed by atoms with Crippen molar-refractivity contribution >= 4 is 23.8 Å². The van der Waals surface area contributed by atoms with Crippen molar-refractivity contribution in [1.82, 2.24) is 0 Å². The van der Waals surface area contributed by atoms with E-state index in [4.69, 9.17) is 10.5 Å². The number of nitro groups is 1. The lowest BCUT2D eigenvalue weighted by Gasteiger charge is -2.08. The Hall–Kier alpha value is -3.30. The van der Waals surface area contributed by atoms with Gasteiger partial charge in [-0.2, -0.15) is 0 Å². The number of hydrogen-bond donors (Lipinski definition) is 2. The van der Waals surface area contributed by atoms with Crippen molar-refractivity contribution in [2.24, 2.45) is 5.73 Å². The number of benzene rings is 2.